The zero-order valence-electron chi connectivity index (χ0n) is 19.1. The summed E-state index contributed by atoms with van der Waals surface area (Å²) in [6.45, 7) is 18.9. The Balaban J connectivity index is 3.58. The Morgan fingerprint density at radius 2 is 1.00 bits per heavy atom. The molecule has 27 heavy (non-hydrogen) atoms. The van der Waals surface area contributed by atoms with E-state index in [1.165, 1.54) is 25.7 Å². The van der Waals surface area contributed by atoms with E-state index < -0.39 is 16.1 Å². The van der Waals surface area contributed by atoms with Crippen LogP contribution in [0.1, 0.15) is 77.3 Å². The topological polar surface area (TPSA) is 0 Å². The average molecular weight is 417 g/mol. The molecule has 150 valence electrons. The largest absolute Gasteiger partial charge is 0.174 e. The molecule has 0 saturated carbocycles. The molecular formula is C24H40SSi2. The summed E-state index contributed by atoms with van der Waals surface area (Å²) in [5, 5.41) is 0. The molecule has 0 unspecified atom stereocenters. The van der Waals surface area contributed by atoms with Gasteiger partial charge < -0.3 is 0 Å². The second-order valence-corrected chi connectivity index (χ2v) is 18.3. The molecule has 0 atom stereocenters. The highest BCUT2D eigenvalue weighted by atomic mass is 32.1. The van der Waals surface area contributed by atoms with Gasteiger partial charge in [0, 0.05) is 21.8 Å². The molecule has 0 N–H and O–H groups in total. The van der Waals surface area contributed by atoms with Crippen LogP contribution in [-0.2, 0) is 12.8 Å². The van der Waals surface area contributed by atoms with E-state index in [0.29, 0.717) is 0 Å². The van der Waals surface area contributed by atoms with Crippen molar-refractivity contribution in [3.05, 3.63) is 11.1 Å². The van der Waals surface area contributed by atoms with E-state index in [9.17, 15) is 0 Å². The van der Waals surface area contributed by atoms with Crippen molar-refractivity contribution in [2.75, 3.05) is 0 Å². The lowest BCUT2D eigenvalue weighted by atomic mass is 10.1. The summed E-state index contributed by atoms with van der Waals surface area (Å²) in [5.41, 5.74) is 10.8. The summed E-state index contributed by atoms with van der Waals surface area (Å²) in [6, 6.07) is 0. The highest BCUT2D eigenvalue weighted by molar-refractivity contribution is 7.37. The molecule has 0 spiro atoms. The quantitative estimate of drug-likeness (QED) is 0.351. The van der Waals surface area contributed by atoms with Crippen molar-refractivity contribution in [2.45, 2.75) is 105 Å². The van der Waals surface area contributed by atoms with Gasteiger partial charge in [-0.05, 0) is 36.8 Å². The van der Waals surface area contributed by atoms with Crippen molar-refractivity contribution >= 4 is 36.5 Å². The van der Waals surface area contributed by atoms with E-state index in [4.69, 9.17) is 0 Å². The second kappa shape index (κ2) is 11.3. The zero-order chi connectivity index (χ0) is 20.5. The Morgan fingerprint density at radius 3 is 1.30 bits per heavy atom. The van der Waals surface area contributed by atoms with Crippen LogP contribution in [0.5, 0.6) is 0 Å². The van der Waals surface area contributed by atoms with Crippen molar-refractivity contribution in [3.8, 4) is 22.9 Å². The zero-order valence-corrected chi connectivity index (χ0v) is 21.9. The molecule has 0 nitrogen and oxygen atoms in total. The first-order valence-electron chi connectivity index (χ1n) is 10.9. The molecule has 0 amide bonds. The van der Waals surface area contributed by atoms with Gasteiger partial charge >= 0.3 is 0 Å². The standard InChI is InChI=1S/C24H40SSi2/c1-9-13-15-19-26(5,6)23-21(17-11-3)22(18-12-4)24(25-23)27(7,8)20-16-14-10-2/h9-14,17-18H2,1-8H3. The van der Waals surface area contributed by atoms with Gasteiger partial charge in [0.25, 0.3) is 0 Å². The normalized spacial score (nSPS) is 11.6. The SMILES string of the molecule is CCCC#C[Si](C)(C)c1sc([Si](C)(C)C#CCCC)c(CCC)c1CCC. The molecule has 0 radical (unpaired) electrons. The maximum absolute atomic E-state index is 3.74. The van der Waals surface area contributed by atoms with Gasteiger partial charge in [0.1, 0.15) is 0 Å². The summed E-state index contributed by atoms with van der Waals surface area (Å²) in [7, 11) is -3.45. The summed E-state index contributed by atoms with van der Waals surface area (Å²) in [5.74, 6) is 6.97. The van der Waals surface area contributed by atoms with E-state index >= 15 is 0 Å². The van der Waals surface area contributed by atoms with E-state index in [0.717, 1.165) is 25.7 Å². The van der Waals surface area contributed by atoms with Crippen LogP contribution in [0.15, 0.2) is 0 Å². The lowest BCUT2D eigenvalue weighted by molar-refractivity contribution is 0.874. The minimum atomic E-state index is -1.72. The molecule has 0 aliphatic carbocycles. The summed E-state index contributed by atoms with van der Waals surface area (Å²) in [4.78, 5) is 0. The monoisotopic (exact) mass is 416 g/mol. The third kappa shape index (κ3) is 6.67. The highest BCUT2D eigenvalue weighted by Crippen LogP contribution is 2.23. The molecular weight excluding hydrogens is 377 g/mol. The van der Waals surface area contributed by atoms with Crippen LogP contribution in [0, 0.1) is 22.9 Å². The summed E-state index contributed by atoms with van der Waals surface area (Å²) in [6.07, 6.45) is 9.23. The summed E-state index contributed by atoms with van der Waals surface area (Å²) < 4.78 is 3.31. The highest BCUT2D eigenvalue weighted by Gasteiger charge is 2.35. The predicted molar refractivity (Wildman–Crippen MR) is 132 cm³/mol. The molecule has 1 aromatic rings. The van der Waals surface area contributed by atoms with Crippen LogP contribution >= 0.6 is 11.3 Å². The molecule has 0 aliphatic heterocycles. The van der Waals surface area contributed by atoms with E-state index in [1.54, 1.807) is 20.1 Å². The minimum Gasteiger partial charge on any atom is -0.152 e. The van der Waals surface area contributed by atoms with Gasteiger partial charge in [-0.1, -0.05) is 66.7 Å². The van der Waals surface area contributed by atoms with Crippen LogP contribution in [0.3, 0.4) is 0 Å². The molecule has 1 heterocycles. The Bertz CT molecular complexity index is 657. The summed E-state index contributed by atoms with van der Waals surface area (Å²) >= 11 is 2.11. The second-order valence-electron chi connectivity index (χ2n) is 8.57. The predicted octanol–water partition coefficient (Wildman–Crippen LogP) is 6.17. The lowest BCUT2D eigenvalue weighted by Gasteiger charge is -2.17. The van der Waals surface area contributed by atoms with Gasteiger partial charge in [0.05, 0.1) is 0 Å². The fourth-order valence-electron chi connectivity index (χ4n) is 3.47. The Labute approximate surface area is 175 Å². The van der Waals surface area contributed by atoms with Crippen LogP contribution in [0.2, 0.25) is 26.2 Å². The van der Waals surface area contributed by atoms with Crippen molar-refractivity contribution < 1.29 is 0 Å². The first-order chi connectivity index (χ1) is 12.7. The van der Waals surface area contributed by atoms with E-state index in [-0.39, 0.29) is 0 Å². The maximum atomic E-state index is 3.74. The van der Waals surface area contributed by atoms with Crippen molar-refractivity contribution in [1.29, 1.82) is 0 Å². The van der Waals surface area contributed by atoms with Crippen LogP contribution in [-0.4, -0.2) is 16.1 Å². The molecule has 0 aliphatic rings. The van der Waals surface area contributed by atoms with E-state index in [2.05, 4.69) is 88.1 Å². The number of unbranched alkanes of at least 4 members (excludes halogenated alkanes) is 2. The van der Waals surface area contributed by atoms with Gasteiger partial charge in [0.15, 0.2) is 16.1 Å². The van der Waals surface area contributed by atoms with Gasteiger partial charge in [-0.15, -0.1) is 22.9 Å². The van der Waals surface area contributed by atoms with Crippen molar-refractivity contribution in [2.24, 2.45) is 0 Å². The smallest absolute Gasteiger partial charge is 0.152 e. The van der Waals surface area contributed by atoms with Gasteiger partial charge in [-0.25, -0.2) is 0 Å². The Kier molecular flexibility index (Phi) is 10.2. The lowest BCUT2D eigenvalue weighted by Crippen LogP contribution is -2.42. The number of rotatable bonds is 8. The molecule has 1 rings (SSSR count). The van der Waals surface area contributed by atoms with Crippen molar-refractivity contribution in [1.82, 2.24) is 0 Å². The molecule has 3 heteroatoms. The van der Waals surface area contributed by atoms with Crippen LogP contribution in [0.4, 0.5) is 0 Å². The van der Waals surface area contributed by atoms with Crippen LogP contribution in [0.25, 0.3) is 0 Å². The maximum Gasteiger partial charge on any atom is 0.174 e. The van der Waals surface area contributed by atoms with Crippen molar-refractivity contribution in [3.63, 3.8) is 0 Å². The third-order valence-electron chi connectivity index (χ3n) is 4.80. The average Bonchev–Trinajstić information content (AvgIpc) is 2.96. The molecule has 0 bridgehead atoms. The Morgan fingerprint density at radius 1 is 0.630 bits per heavy atom. The fraction of sp³-hybridized carbons (Fsp3) is 0.667. The number of thiophene rings is 1. The van der Waals surface area contributed by atoms with E-state index in [1.807, 2.05) is 0 Å². The van der Waals surface area contributed by atoms with Gasteiger partial charge in [-0.2, -0.15) is 11.3 Å². The first kappa shape index (κ1) is 24.3. The van der Waals surface area contributed by atoms with Gasteiger partial charge in [-0.3, -0.25) is 0 Å². The number of hydrogen-bond acceptors (Lipinski definition) is 1. The molecule has 0 aromatic carbocycles. The van der Waals surface area contributed by atoms with Gasteiger partial charge in [0.2, 0.25) is 0 Å². The molecule has 0 fully saturated rings. The minimum absolute atomic E-state index is 1.03. The fourth-order valence-corrected chi connectivity index (χ4v) is 11.1. The number of hydrogen-bond donors (Lipinski definition) is 0. The van der Waals surface area contributed by atoms with Crippen LogP contribution < -0.4 is 9.00 Å². The third-order valence-corrected chi connectivity index (χ3v) is 13.9. The Hall–Kier alpha value is -0.746. The molecule has 0 saturated heterocycles. The first-order valence-corrected chi connectivity index (χ1v) is 17.7. The molecule has 1 aromatic heterocycles.